The van der Waals surface area contributed by atoms with E-state index in [-0.39, 0.29) is 12.3 Å². The molecule has 0 spiro atoms. The Kier molecular flexibility index (Phi) is 4.64. The van der Waals surface area contributed by atoms with E-state index in [0.717, 1.165) is 10.1 Å². The molecule has 0 radical (unpaired) electrons. The molecule has 2 aromatic carbocycles. The zero-order chi connectivity index (χ0) is 24.4. The lowest BCUT2D eigenvalue weighted by atomic mass is 9.83. The van der Waals surface area contributed by atoms with Gasteiger partial charge in [-0.05, 0) is 56.7 Å². The number of nitrogens with zero attached hydrogens (tertiary/aromatic N) is 3. The Balaban J connectivity index is 1.69. The van der Waals surface area contributed by atoms with Crippen LogP contribution in [0.2, 0.25) is 0 Å². The van der Waals surface area contributed by atoms with Crippen LogP contribution in [0.5, 0.6) is 5.75 Å². The summed E-state index contributed by atoms with van der Waals surface area (Å²) in [6, 6.07) is 10.6. The van der Waals surface area contributed by atoms with E-state index < -0.39 is 29.1 Å². The molecule has 0 bridgehead atoms. The van der Waals surface area contributed by atoms with Crippen molar-refractivity contribution in [2.24, 2.45) is 0 Å². The molecule has 1 unspecified atom stereocenters. The van der Waals surface area contributed by atoms with Crippen molar-refractivity contribution in [1.29, 1.82) is 0 Å². The van der Waals surface area contributed by atoms with Crippen LogP contribution in [0.4, 0.5) is 10.5 Å². The molecule has 10 heteroatoms. The van der Waals surface area contributed by atoms with Crippen LogP contribution in [0, 0.1) is 0 Å². The zero-order valence-corrected chi connectivity index (χ0v) is 18.7. The van der Waals surface area contributed by atoms with E-state index in [9.17, 15) is 19.2 Å². The Morgan fingerprint density at radius 3 is 2.44 bits per heavy atom. The van der Waals surface area contributed by atoms with Gasteiger partial charge in [0.15, 0.2) is 5.78 Å². The minimum absolute atomic E-state index is 0.113. The van der Waals surface area contributed by atoms with Gasteiger partial charge in [0, 0.05) is 22.9 Å². The average molecular weight is 462 g/mol. The fourth-order valence-electron chi connectivity index (χ4n) is 4.66. The van der Waals surface area contributed by atoms with Gasteiger partial charge in [-0.2, -0.15) is 0 Å². The molecular formula is C24H22N4O6. The molecular weight excluding hydrogens is 440 g/mol. The topological polar surface area (TPSA) is 125 Å². The van der Waals surface area contributed by atoms with Gasteiger partial charge in [-0.25, -0.2) is 28.3 Å². The molecule has 0 fully saturated rings. The quantitative estimate of drug-likeness (QED) is 0.456. The molecule has 5 rings (SSSR count). The normalized spacial score (nSPS) is 17.5. The number of benzene rings is 2. The summed E-state index contributed by atoms with van der Waals surface area (Å²) in [6.45, 7) is 5.37. The van der Waals surface area contributed by atoms with E-state index >= 15 is 0 Å². The number of carbonyl (C=O) groups excluding carboxylic acids is 1. The molecule has 3 aromatic rings. The summed E-state index contributed by atoms with van der Waals surface area (Å²) in [5, 5.41) is 11.4. The number of ketones is 1. The molecule has 2 N–H and O–H groups in total. The number of nitrogens with one attached hydrogen (secondary N) is 1. The van der Waals surface area contributed by atoms with Crippen molar-refractivity contribution >= 4 is 17.6 Å². The predicted molar refractivity (Wildman–Crippen MR) is 123 cm³/mol. The average Bonchev–Trinajstić information content (AvgIpc) is 3.03. The largest absolute Gasteiger partial charge is 0.483 e. The highest BCUT2D eigenvalue weighted by molar-refractivity contribution is 5.94. The highest BCUT2D eigenvalue weighted by Gasteiger charge is 2.43. The van der Waals surface area contributed by atoms with Gasteiger partial charge in [0.1, 0.15) is 17.4 Å². The molecule has 0 aliphatic carbocycles. The van der Waals surface area contributed by atoms with E-state index in [0.29, 0.717) is 28.3 Å². The molecule has 3 heterocycles. The summed E-state index contributed by atoms with van der Waals surface area (Å²) in [7, 11) is 0. The lowest BCUT2D eigenvalue weighted by molar-refractivity contribution is 0.101. The first-order chi connectivity index (χ1) is 16.1. The number of hydrogen-bond acceptors (Lipinski definition) is 5. The smallest absolute Gasteiger partial charge is 0.409 e. The summed E-state index contributed by atoms with van der Waals surface area (Å²) >= 11 is 0. The van der Waals surface area contributed by atoms with Gasteiger partial charge in [0.2, 0.25) is 0 Å². The molecule has 1 aromatic heterocycles. The minimum atomic E-state index is -1.20. The summed E-state index contributed by atoms with van der Waals surface area (Å²) in [5.41, 5.74) is 0.827. The Morgan fingerprint density at radius 2 is 1.79 bits per heavy atom. The van der Waals surface area contributed by atoms with E-state index in [1.165, 1.54) is 16.3 Å². The zero-order valence-electron chi connectivity index (χ0n) is 18.7. The fourth-order valence-corrected chi connectivity index (χ4v) is 4.66. The molecule has 2 aliphatic heterocycles. The van der Waals surface area contributed by atoms with Crippen LogP contribution >= 0.6 is 0 Å². The van der Waals surface area contributed by atoms with Gasteiger partial charge in [-0.3, -0.25) is 10.1 Å². The van der Waals surface area contributed by atoms with Gasteiger partial charge < -0.3 is 9.84 Å². The number of Topliss-reactive ketones (excluding diaryl/α,β-unsaturated/α-hetero) is 1. The number of allylic oxidation sites excluding steroid dienone is 1. The van der Waals surface area contributed by atoms with Gasteiger partial charge >= 0.3 is 17.5 Å². The number of hydrogen-bond donors (Lipinski definition) is 2. The van der Waals surface area contributed by atoms with Crippen molar-refractivity contribution < 1.29 is 19.4 Å². The second-order valence-corrected chi connectivity index (χ2v) is 8.79. The van der Waals surface area contributed by atoms with Crippen LogP contribution in [-0.2, 0) is 6.54 Å². The van der Waals surface area contributed by atoms with Crippen molar-refractivity contribution in [2.45, 2.75) is 39.0 Å². The van der Waals surface area contributed by atoms with E-state index in [2.05, 4.69) is 5.32 Å². The lowest BCUT2D eigenvalue weighted by Crippen LogP contribution is -2.46. The van der Waals surface area contributed by atoms with Crippen LogP contribution in [-0.4, -0.2) is 36.5 Å². The monoisotopic (exact) mass is 462 g/mol. The summed E-state index contributed by atoms with van der Waals surface area (Å²) in [6.07, 6.45) is 0.687. The molecule has 2 aliphatic rings. The Labute approximate surface area is 193 Å². The number of rotatable bonds is 3. The maximum absolute atomic E-state index is 13.6. The van der Waals surface area contributed by atoms with E-state index in [4.69, 9.17) is 9.84 Å². The summed E-state index contributed by atoms with van der Waals surface area (Å²) < 4.78 is 10.1. The Bertz CT molecular complexity index is 1500. The maximum Gasteiger partial charge on any atom is 0.409 e. The number of aromatic nitrogens is 3. The number of amides is 1. The molecule has 34 heavy (non-hydrogen) atoms. The first-order valence-electron chi connectivity index (χ1n) is 10.7. The molecule has 1 amide bonds. The number of carboxylic acid groups (broad SMARTS) is 1. The van der Waals surface area contributed by atoms with Gasteiger partial charge in [0.25, 0.3) is 0 Å². The predicted octanol–water partition coefficient (Wildman–Crippen LogP) is 2.79. The number of anilines is 1. The second-order valence-electron chi connectivity index (χ2n) is 8.79. The van der Waals surface area contributed by atoms with Crippen molar-refractivity contribution in [3.63, 3.8) is 0 Å². The highest BCUT2D eigenvalue weighted by atomic mass is 16.5. The Morgan fingerprint density at radius 1 is 1.09 bits per heavy atom. The summed E-state index contributed by atoms with van der Waals surface area (Å²) in [4.78, 5) is 49.6. The fraction of sp³-hybridized carbons (Fsp3) is 0.250. The van der Waals surface area contributed by atoms with Crippen LogP contribution in [0.3, 0.4) is 0 Å². The summed E-state index contributed by atoms with van der Waals surface area (Å²) in [5.74, 6) is 0.309. The van der Waals surface area contributed by atoms with Gasteiger partial charge in [0.05, 0.1) is 12.2 Å². The maximum atomic E-state index is 13.6. The van der Waals surface area contributed by atoms with Crippen molar-refractivity contribution in [3.05, 3.63) is 86.2 Å². The standard InChI is InChI=1S/C24H22N4O6/c1-13(29)14-4-7-16(8-5-14)27-22(32)26-11-10-18-20(28(26)23(27)33)17-9-6-15(25-21(30)31)12-19(17)34-24(18,2)3/h4-10,12,20,25H,11H2,1-3H3,(H,30,31). The molecule has 0 saturated heterocycles. The first kappa shape index (κ1) is 21.5. The SMILES string of the molecule is CC(=O)c1ccc(-n2c(=O)n3n(c2=O)C2C(=CC3)C(C)(C)Oc3cc(NC(=O)O)ccc32)cc1. The number of ether oxygens (including phenoxy) is 1. The van der Waals surface area contributed by atoms with Crippen LogP contribution in [0.1, 0.15) is 42.7 Å². The third-order valence-corrected chi connectivity index (χ3v) is 6.23. The van der Waals surface area contributed by atoms with E-state index in [1.807, 2.05) is 19.9 Å². The Hall–Kier alpha value is -4.34. The second kappa shape index (κ2) is 7.34. The van der Waals surface area contributed by atoms with Gasteiger partial charge in [-0.15, -0.1) is 0 Å². The number of carbonyl (C=O) groups is 2. The first-order valence-corrected chi connectivity index (χ1v) is 10.7. The minimum Gasteiger partial charge on any atom is -0.483 e. The lowest BCUT2D eigenvalue weighted by Gasteiger charge is -2.42. The molecule has 0 saturated carbocycles. The van der Waals surface area contributed by atoms with Crippen LogP contribution in [0.25, 0.3) is 5.69 Å². The van der Waals surface area contributed by atoms with E-state index in [1.54, 1.807) is 42.5 Å². The third kappa shape index (κ3) is 3.18. The van der Waals surface area contributed by atoms with Crippen LogP contribution < -0.4 is 21.4 Å². The van der Waals surface area contributed by atoms with Crippen molar-refractivity contribution in [1.82, 2.24) is 13.9 Å². The molecule has 10 nitrogen and oxygen atoms in total. The third-order valence-electron chi connectivity index (χ3n) is 6.23. The molecule has 1 atom stereocenters. The van der Waals surface area contributed by atoms with Crippen molar-refractivity contribution in [3.8, 4) is 11.4 Å². The van der Waals surface area contributed by atoms with Crippen molar-refractivity contribution in [2.75, 3.05) is 5.32 Å². The highest BCUT2D eigenvalue weighted by Crippen LogP contribution is 2.46. The number of fused-ring (bicyclic) bond motifs is 5. The molecule has 174 valence electrons. The van der Waals surface area contributed by atoms with Gasteiger partial charge in [-0.1, -0.05) is 12.1 Å². The van der Waals surface area contributed by atoms with Crippen LogP contribution in [0.15, 0.2) is 63.7 Å².